The first kappa shape index (κ1) is 21.5. The first-order valence-electron chi connectivity index (χ1n) is 12.0. The van der Waals surface area contributed by atoms with Crippen LogP contribution in [0.25, 0.3) is 22.2 Å². The van der Waals surface area contributed by atoms with E-state index < -0.39 is 10.0 Å². The molecular weight excluding hydrogens is 448 g/mol. The molecule has 1 N–H and O–H groups in total. The highest BCUT2D eigenvalue weighted by Gasteiger charge is 2.35. The molecule has 3 aliphatic rings. The molecule has 1 saturated heterocycles. The molecular formula is C26H28N4O3S. The second kappa shape index (κ2) is 8.33. The molecule has 0 bridgehead atoms. The molecule has 7 nitrogen and oxygen atoms in total. The maximum absolute atomic E-state index is 12.3. The van der Waals surface area contributed by atoms with Crippen molar-refractivity contribution in [2.75, 3.05) is 35.9 Å². The minimum Gasteiger partial charge on any atom is -0.378 e. The SMILES string of the molecule is N#Cc1c(-c2ccc(NS(=O)(=O)C3CC3)cc2)n(CC2CC2)c2cc(N3CCOCC3)ccc12. The van der Waals surface area contributed by atoms with Crippen LogP contribution in [0.3, 0.4) is 0 Å². The fourth-order valence-electron chi connectivity index (χ4n) is 4.84. The van der Waals surface area contributed by atoms with Crippen molar-refractivity contribution in [3.05, 3.63) is 48.0 Å². The lowest BCUT2D eigenvalue weighted by molar-refractivity contribution is 0.122. The number of nitrogens with one attached hydrogen (secondary N) is 1. The summed E-state index contributed by atoms with van der Waals surface area (Å²) in [6.45, 7) is 4.07. The van der Waals surface area contributed by atoms with Gasteiger partial charge in [-0.2, -0.15) is 5.26 Å². The zero-order valence-corrected chi connectivity index (χ0v) is 19.9. The molecule has 6 rings (SSSR count). The normalized spacial score (nSPS) is 18.7. The zero-order valence-electron chi connectivity index (χ0n) is 19.0. The molecule has 2 heterocycles. The monoisotopic (exact) mass is 476 g/mol. The van der Waals surface area contributed by atoms with E-state index in [1.165, 1.54) is 12.8 Å². The van der Waals surface area contributed by atoms with Crippen molar-refractivity contribution >= 4 is 32.3 Å². The van der Waals surface area contributed by atoms with E-state index in [4.69, 9.17) is 4.74 Å². The number of benzene rings is 2. The Morgan fingerprint density at radius 2 is 1.76 bits per heavy atom. The topological polar surface area (TPSA) is 87.4 Å². The predicted octanol–water partition coefficient (Wildman–Crippen LogP) is 4.33. The summed E-state index contributed by atoms with van der Waals surface area (Å²) in [6, 6.07) is 16.3. The van der Waals surface area contributed by atoms with Crippen LogP contribution < -0.4 is 9.62 Å². The minimum atomic E-state index is -3.30. The maximum atomic E-state index is 12.3. The highest BCUT2D eigenvalue weighted by Crippen LogP contribution is 2.40. The second-order valence-corrected chi connectivity index (χ2v) is 11.6. The lowest BCUT2D eigenvalue weighted by Gasteiger charge is -2.29. The molecule has 0 atom stereocenters. The van der Waals surface area contributed by atoms with Crippen LogP contribution in [0.4, 0.5) is 11.4 Å². The Hall–Kier alpha value is -3.02. The standard InChI is InChI=1S/C26H28N4O3S/c27-16-24-23-10-7-21(29-11-13-33-14-12-29)15-25(23)30(17-18-1-2-18)26(24)19-3-5-20(6-4-19)28-34(31,32)22-8-9-22/h3-7,10,15,18,22,28H,1-2,8-9,11-14,17H2. The van der Waals surface area contributed by atoms with Gasteiger partial charge in [0.1, 0.15) is 6.07 Å². The molecule has 8 heteroatoms. The molecule has 34 heavy (non-hydrogen) atoms. The number of sulfonamides is 1. The van der Waals surface area contributed by atoms with E-state index in [2.05, 4.69) is 38.5 Å². The van der Waals surface area contributed by atoms with Crippen molar-refractivity contribution in [1.82, 2.24) is 4.57 Å². The Bertz CT molecular complexity index is 1370. The van der Waals surface area contributed by atoms with Gasteiger partial charge in [0.25, 0.3) is 0 Å². The number of hydrogen-bond donors (Lipinski definition) is 1. The lowest BCUT2D eigenvalue weighted by Crippen LogP contribution is -2.36. The molecule has 3 fully saturated rings. The van der Waals surface area contributed by atoms with Gasteiger partial charge in [-0.25, -0.2) is 8.42 Å². The molecule has 2 aromatic carbocycles. The van der Waals surface area contributed by atoms with E-state index in [0.29, 0.717) is 17.2 Å². The van der Waals surface area contributed by atoms with Gasteiger partial charge in [-0.05, 0) is 67.5 Å². The van der Waals surface area contributed by atoms with E-state index in [9.17, 15) is 13.7 Å². The van der Waals surface area contributed by atoms with Crippen molar-refractivity contribution in [1.29, 1.82) is 5.26 Å². The Labute approximate surface area is 200 Å². The average Bonchev–Trinajstić information content (AvgIpc) is 3.77. The first-order valence-corrected chi connectivity index (χ1v) is 13.6. The fourth-order valence-corrected chi connectivity index (χ4v) is 6.23. The van der Waals surface area contributed by atoms with E-state index in [1.54, 1.807) is 12.1 Å². The number of nitriles is 1. The van der Waals surface area contributed by atoms with Crippen LogP contribution in [0.5, 0.6) is 0 Å². The molecule has 2 saturated carbocycles. The Balaban J connectivity index is 1.42. The summed E-state index contributed by atoms with van der Waals surface area (Å²) >= 11 is 0. The van der Waals surface area contributed by atoms with Crippen LogP contribution in [-0.2, 0) is 21.3 Å². The fraction of sp³-hybridized carbons (Fsp3) is 0.423. The summed E-state index contributed by atoms with van der Waals surface area (Å²) in [5, 5.41) is 10.9. The van der Waals surface area contributed by atoms with Crippen molar-refractivity contribution in [2.45, 2.75) is 37.5 Å². The third-order valence-corrected chi connectivity index (χ3v) is 8.92. The van der Waals surface area contributed by atoms with Gasteiger partial charge in [0, 0.05) is 36.4 Å². The van der Waals surface area contributed by atoms with E-state index in [-0.39, 0.29) is 5.25 Å². The summed E-state index contributed by atoms with van der Waals surface area (Å²) in [5.41, 5.74) is 5.33. The number of nitrogens with zero attached hydrogens (tertiary/aromatic N) is 3. The van der Waals surface area contributed by atoms with Crippen molar-refractivity contribution in [2.24, 2.45) is 5.92 Å². The lowest BCUT2D eigenvalue weighted by atomic mass is 10.1. The first-order chi connectivity index (χ1) is 16.5. The van der Waals surface area contributed by atoms with Gasteiger partial charge in [0.05, 0.1) is 35.2 Å². The van der Waals surface area contributed by atoms with Gasteiger partial charge in [0.15, 0.2) is 0 Å². The van der Waals surface area contributed by atoms with Crippen LogP contribution in [0.15, 0.2) is 42.5 Å². The van der Waals surface area contributed by atoms with Gasteiger partial charge >= 0.3 is 0 Å². The molecule has 0 amide bonds. The van der Waals surface area contributed by atoms with Gasteiger partial charge < -0.3 is 14.2 Å². The molecule has 2 aliphatic carbocycles. The van der Waals surface area contributed by atoms with Crippen molar-refractivity contribution in [3.63, 3.8) is 0 Å². The summed E-state index contributed by atoms with van der Waals surface area (Å²) in [4.78, 5) is 2.34. The molecule has 3 aromatic rings. The van der Waals surface area contributed by atoms with Crippen LogP contribution in [0, 0.1) is 17.2 Å². The Kier molecular flexibility index (Phi) is 5.27. The van der Waals surface area contributed by atoms with Gasteiger partial charge in [-0.3, -0.25) is 4.72 Å². The molecule has 0 radical (unpaired) electrons. The number of aromatic nitrogens is 1. The minimum absolute atomic E-state index is 0.265. The molecule has 176 valence electrons. The van der Waals surface area contributed by atoms with Gasteiger partial charge in [0.2, 0.25) is 10.0 Å². The van der Waals surface area contributed by atoms with Crippen LogP contribution in [0.2, 0.25) is 0 Å². The largest absolute Gasteiger partial charge is 0.378 e. The van der Waals surface area contributed by atoms with E-state index in [0.717, 1.165) is 73.5 Å². The number of morpholine rings is 1. The number of ether oxygens (including phenoxy) is 1. The van der Waals surface area contributed by atoms with Crippen LogP contribution >= 0.6 is 0 Å². The number of fused-ring (bicyclic) bond motifs is 1. The highest BCUT2D eigenvalue weighted by molar-refractivity contribution is 7.93. The molecule has 1 aromatic heterocycles. The molecule has 1 aliphatic heterocycles. The number of rotatable bonds is 7. The Morgan fingerprint density at radius 3 is 2.41 bits per heavy atom. The summed E-state index contributed by atoms with van der Waals surface area (Å²) in [7, 11) is -3.30. The quantitative estimate of drug-likeness (QED) is 0.548. The number of anilines is 2. The summed E-state index contributed by atoms with van der Waals surface area (Å²) in [5.74, 6) is 0.637. The predicted molar refractivity (Wildman–Crippen MR) is 133 cm³/mol. The average molecular weight is 477 g/mol. The van der Waals surface area contributed by atoms with Gasteiger partial charge in [-0.15, -0.1) is 0 Å². The van der Waals surface area contributed by atoms with E-state index in [1.807, 2.05) is 12.1 Å². The van der Waals surface area contributed by atoms with Crippen LogP contribution in [-0.4, -0.2) is 44.5 Å². The van der Waals surface area contributed by atoms with Gasteiger partial charge in [-0.1, -0.05) is 12.1 Å². The Morgan fingerprint density at radius 1 is 1.03 bits per heavy atom. The van der Waals surface area contributed by atoms with Crippen molar-refractivity contribution in [3.8, 4) is 17.3 Å². The highest BCUT2D eigenvalue weighted by atomic mass is 32.2. The zero-order chi connectivity index (χ0) is 23.3. The smallest absolute Gasteiger partial charge is 0.235 e. The second-order valence-electron chi connectivity index (χ2n) is 9.61. The van der Waals surface area contributed by atoms with Crippen LogP contribution in [0.1, 0.15) is 31.2 Å². The molecule has 0 spiro atoms. The summed E-state index contributed by atoms with van der Waals surface area (Å²) < 4.78 is 35.1. The number of hydrogen-bond acceptors (Lipinski definition) is 5. The molecule has 0 unspecified atom stereocenters. The van der Waals surface area contributed by atoms with Crippen molar-refractivity contribution < 1.29 is 13.2 Å². The third-order valence-electron chi connectivity index (χ3n) is 7.06. The third kappa shape index (κ3) is 4.04. The maximum Gasteiger partial charge on any atom is 0.235 e. The van der Waals surface area contributed by atoms with E-state index >= 15 is 0 Å². The summed E-state index contributed by atoms with van der Waals surface area (Å²) in [6.07, 6.45) is 3.89.